The minimum atomic E-state index is 0.732. The zero-order chi connectivity index (χ0) is 28.0. The summed E-state index contributed by atoms with van der Waals surface area (Å²) in [4.78, 5) is 0. The number of aryl methyl sites for hydroxylation is 6. The summed E-state index contributed by atoms with van der Waals surface area (Å²) in [6, 6.07) is 18.9. The molecule has 0 fully saturated rings. The molecule has 4 aromatic rings. The molecule has 0 aromatic heterocycles. The number of hydrogen-bond acceptors (Lipinski definition) is 8. The van der Waals surface area contributed by atoms with E-state index in [1.807, 2.05) is 102 Å². The van der Waals surface area contributed by atoms with Crippen molar-refractivity contribution in [2.75, 3.05) is 22.9 Å². The molecule has 0 unspecified atom stereocenters. The van der Waals surface area contributed by atoms with Gasteiger partial charge in [-0.1, -0.05) is 0 Å². The van der Waals surface area contributed by atoms with E-state index in [-0.39, 0.29) is 0 Å². The van der Waals surface area contributed by atoms with Crippen LogP contribution in [-0.4, -0.2) is 0 Å². The molecule has 4 aromatic carbocycles. The third-order valence-electron chi connectivity index (χ3n) is 6.18. The average molecular weight is 509 g/mol. The van der Waals surface area contributed by atoms with Gasteiger partial charge in [0, 0.05) is 22.7 Å². The van der Waals surface area contributed by atoms with Gasteiger partial charge in [-0.05, 0) is 136 Å². The highest BCUT2D eigenvalue weighted by Gasteiger charge is 2.03. The molecule has 0 atom stereocenters. The summed E-state index contributed by atoms with van der Waals surface area (Å²) in [6.45, 7) is 11.8. The van der Waals surface area contributed by atoms with Crippen LogP contribution in [0.1, 0.15) is 33.4 Å². The molecule has 4 rings (SSSR count). The molecule has 0 saturated heterocycles. The Bertz CT molecular complexity index is 1520. The van der Waals surface area contributed by atoms with Gasteiger partial charge in [0.25, 0.3) is 0 Å². The third-order valence-corrected chi connectivity index (χ3v) is 6.18. The van der Waals surface area contributed by atoms with Gasteiger partial charge < -0.3 is 22.9 Å². The highest BCUT2D eigenvalue weighted by Crippen LogP contribution is 2.29. The number of benzene rings is 4. The summed E-state index contributed by atoms with van der Waals surface area (Å²) in [7, 11) is 0. The molecule has 0 aliphatic heterocycles. The van der Waals surface area contributed by atoms with Gasteiger partial charge in [-0.3, -0.25) is 0 Å². The number of nitrogens with two attached hydrogens (primary N) is 4. The fraction of sp³-hybridized carbons (Fsp3) is 0.200. The maximum Gasteiger partial charge on any atom is 0.0890 e. The van der Waals surface area contributed by atoms with E-state index in [4.69, 9.17) is 22.9 Å². The Kier molecular flexibility index (Phi) is 8.81. The van der Waals surface area contributed by atoms with Crippen LogP contribution in [0.2, 0.25) is 0 Å². The van der Waals surface area contributed by atoms with Crippen molar-refractivity contribution in [3.8, 4) is 0 Å². The average Bonchev–Trinajstić information content (AvgIpc) is 2.85. The monoisotopic (exact) mass is 508 g/mol. The molecule has 38 heavy (non-hydrogen) atoms. The second kappa shape index (κ2) is 12.0. The van der Waals surface area contributed by atoms with Gasteiger partial charge in [0.15, 0.2) is 0 Å². The van der Waals surface area contributed by atoms with Crippen LogP contribution < -0.4 is 22.9 Å². The molecule has 196 valence electrons. The van der Waals surface area contributed by atoms with Crippen LogP contribution in [0.4, 0.5) is 45.5 Å². The van der Waals surface area contributed by atoms with Crippen molar-refractivity contribution in [2.24, 2.45) is 20.5 Å². The van der Waals surface area contributed by atoms with Crippen LogP contribution in [0, 0.1) is 41.5 Å². The molecular weight excluding hydrogens is 472 g/mol. The molecule has 0 aliphatic carbocycles. The Morgan fingerprint density at radius 3 is 1.39 bits per heavy atom. The van der Waals surface area contributed by atoms with Crippen molar-refractivity contribution in [2.45, 2.75) is 41.5 Å². The first-order valence-corrected chi connectivity index (χ1v) is 12.2. The minimum absolute atomic E-state index is 0.732. The Morgan fingerprint density at radius 1 is 0.395 bits per heavy atom. The van der Waals surface area contributed by atoms with Gasteiger partial charge in [-0.25, -0.2) is 0 Å². The SMILES string of the molecule is Cc1cc(/N=N/c2cc(C)c(N)cc2C)ccc1N.Cc1cc(/N=N/c2ccc(N)cc2C)c(C)cc1N. The van der Waals surface area contributed by atoms with Crippen LogP contribution in [-0.2, 0) is 0 Å². The Labute approximate surface area is 224 Å². The molecule has 0 heterocycles. The fourth-order valence-electron chi connectivity index (χ4n) is 3.59. The van der Waals surface area contributed by atoms with Gasteiger partial charge in [-0.15, -0.1) is 0 Å². The Hall–Kier alpha value is -4.72. The van der Waals surface area contributed by atoms with Gasteiger partial charge in [0.05, 0.1) is 22.7 Å². The summed E-state index contributed by atoms with van der Waals surface area (Å²) in [5.74, 6) is 0. The summed E-state index contributed by atoms with van der Waals surface area (Å²) >= 11 is 0. The minimum Gasteiger partial charge on any atom is -0.399 e. The quantitative estimate of drug-likeness (QED) is 0.161. The van der Waals surface area contributed by atoms with Gasteiger partial charge in [0.1, 0.15) is 0 Å². The van der Waals surface area contributed by atoms with Crippen molar-refractivity contribution in [3.05, 3.63) is 94.0 Å². The zero-order valence-electron chi connectivity index (χ0n) is 22.9. The lowest BCUT2D eigenvalue weighted by atomic mass is 10.1. The van der Waals surface area contributed by atoms with Crippen LogP contribution in [0.3, 0.4) is 0 Å². The van der Waals surface area contributed by atoms with Crippen LogP contribution in [0.5, 0.6) is 0 Å². The molecule has 0 aliphatic rings. The second-order valence-corrected chi connectivity index (χ2v) is 9.48. The normalized spacial score (nSPS) is 11.1. The van der Waals surface area contributed by atoms with E-state index in [0.29, 0.717) is 0 Å². The van der Waals surface area contributed by atoms with Crippen molar-refractivity contribution in [3.63, 3.8) is 0 Å². The summed E-state index contributed by atoms with van der Waals surface area (Å²) < 4.78 is 0. The third kappa shape index (κ3) is 7.16. The van der Waals surface area contributed by atoms with Crippen molar-refractivity contribution < 1.29 is 0 Å². The molecule has 0 amide bonds. The Morgan fingerprint density at radius 2 is 0.868 bits per heavy atom. The predicted octanol–water partition coefficient (Wildman–Crippen LogP) is 8.38. The van der Waals surface area contributed by atoms with E-state index >= 15 is 0 Å². The van der Waals surface area contributed by atoms with Crippen LogP contribution >= 0.6 is 0 Å². The van der Waals surface area contributed by atoms with Gasteiger partial charge >= 0.3 is 0 Å². The standard InChI is InChI=1S/2C15H18N4/c1-9-8-15(11(3)7-13(9)17)19-18-14-5-4-12(16)6-10(14)2;1-9-6-12(4-5-13(9)16)18-19-15-8-10(2)14(17)7-11(15)3/h2*4-8H,16-17H2,1-3H3/b2*19-18+. The van der Waals surface area contributed by atoms with E-state index in [2.05, 4.69) is 20.5 Å². The highest BCUT2D eigenvalue weighted by atomic mass is 15.1. The summed E-state index contributed by atoms with van der Waals surface area (Å²) in [6.07, 6.45) is 0. The predicted molar refractivity (Wildman–Crippen MR) is 160 cm³/mol. The largest absolute Gasteiger partial charge is 0.399 e. The van der Waals surface area contributed by atoms with Crippen molar-refractivity contribution in [1.29, 1.82) is 0 Å². The van der Waals surface area contributed by atoms with Gasteiger partial charge in [0.2, 0.25) is 0 Å². The first kappa shape index (κ1) is 27.9. The van der Waals surface area contributed by atoms with Crippen molar-refractivity contribution >= 4 is 45.5 Å². The van der Waals surface area contributed by atoms with E-state index in [0.717, 1.165) is 78.9 Å². The molecule has 0 spiro atoms. The van der Waals surface area contributed by atoms with E-state index in [1.54, 1.807) is 0 Å². The lowest BCUT2D eigenvalue weighted by molar-refractivity contribution is 1.19. The fourth-order valence-corrected chi connectivity index (χ4v) is 3.59. The second-order valence-electron chi connectivity index (χ2n) is 9.48. The first-order chi connectivity index (χ1) is 17.9. The van der Waals surface area contributed by atoms with Crippen LogP contribution in [0.25, 0.3) is 0 Å². The summed E-state index contributed by atoms with van der Waals surface area (Å²) in [5.41, 5.74) is 35.6. The van der Waals surface area contributed by atoms with E-state index in [9.17, 15) is 0 Å². The Balaban J connectivity index is 0.000000211. The maximum atomic E-state index is 5.85. The zero-order valence-corrected chi connectivity index (χ0v) is 22.9. The topological polar surface area (TPSA) is 154 Å². The molecule has 8 heteroatoms. The molecule has 8 N–H and O–H groups in total. The van der Waals surface area contributed by atoms with Gasteiger partial charge in [-0.2, -0.15) is 20.5 Å². The smallest absolute Gasteiger partial charge is 0.0890 e. The number of nitrogen functional groups attached to an aromatic ring is 4. The van der Waals surface area contributed by atoms with E-state index < -0.39 is 0 Å². The number of nitrogens with zero attached hydrogens (tertiary/aromatic N) is 4. The molecule has 0 bridgehead atoms. The maximum absolute atomic E-state index is 5.85. The lowest BCUT2D eigenvalue weighted by Gasteiger charge is -2.05. The summed E-state index contributed by atoms with van der Waals surface area (Å²) in [5, 5.41) is 17.1. The molecule has 0 saturated carbocycles. The van der Waals surface area contributed by atoms with Crippen LogP contribution in [0.15, 0.2) is 81.1 Å². The molecular formula is C30H36N8. The lowest BCUT2D eigenvalue weighted by Crippen LogP contribution is -1.90. The molecule has 0 radical (unpaired) electrons. The number of hydrogen-bond donors (Lipinski definition) is 4. The number of azo groups is 2. The van der Waals surface area contributed by atoms with E-state index in [1.165, 1.54) is 0 Å². The molecule has 8 nitrogen and oxygen atoms in total. The number of anilines is 4. The number of rotatable bonds is 4. The highest BCUT2D eigenvalue weighted by molar-refractivity contribution is 5.61. The first-order valence-electron chi connectivity index (χ1n) is 12.2. The van der Waals surface area contributed by atoms with Crippen molar-refractivity contribution in [1.82, 2.24) is 0 Å².